The highest BCUT2D eigenvalue weighted by molar-refractivity contribution is 5.92. The zero-order valence-electron chi connectivity index (χ0n) is 12.1. The molecule has 0 amide bonds. The van der Waals surface area contributed by atoms with Crippen LogP contribution in [0.1, 0.15) is 12.0 Å². The van der Waals surface area contributed by atoms with E-state index in [4.69, 9.17) is 0 Å². The van der Waals surface area contributed by atoms with Gasteiger partial charge in [-0.25, -0.2) is 9.37 Å². The average molecular weight is 293 g/mol. The highest BCUT2D eigenvalue weighted by atomic mass is 19.1. The van der Waals surface area contributed by atoms with Gasteiger partial charge in [0.05, 0.1) is 5.69 Å². The molecule has 0 fully saturated rings. The van der Waals surface area contributed by atoms with E-state index in [1.807, 2.05) is 12.3 Å². The Morgan fingerprint density at radius 2 is 1.91 bits per heavy atom. The molecular weight excluding hydrogens is 277 g/mol. The van der Waals surface area contributed by atoms with Gasteiger partial charge < -0.3 is 10.3 Å². The molecule has 0 unspecified atom stereocenters. The molecular formula is C18H16FN3. The van der Waals surface area contributed by atoms with Gasteiger partial charge in [0.1, 0.15) is 11.5 Å². The number of nitrogens with one attached hydrogen (secondary N) is 2. The highest BCUT2D eigenvalue weighted by Crippen LogP contribution is 2.29. The number of pyridine rings is 1. The summed E-state index contributed by atoms with van der Waals surface area (Å²) in [6, 6.07) is 10.5. The smallest absolute Gasteiger partial charge is 0.138 e. The fourth-order valence-corrected chi connectivity index (χ4v) is 2.92. The van der Waals surface area contributed by atoms with Crippen molar-refractivity contribution < 1.29 is 4.39 Å². The van der Waals surface area contributed by atoms with Gasteiger partial charge in [-0.3, -0.25) is 0 Å². The molecule has 0 atom stereocenters. The SMILES string of the molecule is Fc1ccc(-c2ccc3c(C4=CCNCC4)c[nH]c3n2)cc1. The number of fused-ring (bicyclic) bond motifs is 1. The zero-order valence-corrected chi connectivity index (χ0v) is 12.1. The Labute approximate surface area is 127 Å². The molecule has 0 aliphatic carbocycles. The molecule has 22 heavy (non-hydrogen) atoms. The van der Waals surface area contributed by atoms with Crippen LogP contribution in [-0.4, -0.2) is 23.1 Å². The number of hydrogen-bond donors (Lipinski definition) is 2. The van der Waals surface area contributed by atoms with E-state index in [2.05, 4.69) is 27.4 Å². The van der Waals surface area contributed by atoms with Crippen molar-refractivity contribution in [1.29, 1.82) is 0 Å². The van der Waals surface area contributed by atoms with Crippen LogP contribution in [0.25, 0.3) is 27.9 Å². The maximum atomic E-state index is 13.0. The minimum absolute atomic E-state index is 0.232. The Balaban J connectivity index is 1.76. The standard InChI is InChI=1S/C18H16FN3/c19-14-3-1-13(2-4-14)17-6-5-15-16(11-21-18(15)22-17)12-7-9-20-10-8-12/h1-7,11,20H,8-10H2,(H,21,22). The van der Waals surface area contributed by atoms with Crippen molar-refractivity contribution in [3.63, 3.8) is 0 Å². The van der Waals surface area contributed by atoms with Crippen LogP contribution in [0.3, 0.4) is 0 Å². The third-order valence-corrected chi connectivity index (χ3v) is 4.09. The van der Waals surface area contributed by atoms with E-state index in [9.17, 15) is 4.39 Å². The van der Waals surface area contributed by atoms with Crippen LogP contribution in [0.4, 0.5) is 4.39 Å². The number of aromatic nitrogens is 2. The predicted molar refractivity (Wildman–Crippen MR) is 87.0 cm³/mol. The van der Waals surface area contributed by atoms with Crippen molar-refractivity contribution in [2.45, 2.75) is 6.42 Å². The lowest BCUT2D eigenvalue weighted by atomic mass is 10.00. The summed E-state index contributed by atoms with van der Waals surface area (Å²) in [7, 11) is 0. The van der Waals surface area contributed by atoms with E-state index in [0.29, 0.717) is 0 Å². The molecule has 1 aliphatic rings. The van der Waals surface area contributed by atoms with Crippen molar-refractivity contribution in [3.8, 4) is 11.3 Å². The molecule has 0 spiro atoms. The summed E-state index contributed by atoms with van der Waals surface area (Å²) in [5.41, 5.74) is 5.23. The molecule has 2 N–H and O–H groups in total. The minimum Gasteiger partial charge on any atom is -0.346 e. The van der Waals surface area contributed by atoms with Crippen LogP contribution in [0.5, 0.6) is 0 Å². The second kappa shape index (κ2) is 5.39. The number of benzene rings is 1. The van der Waals surface area contributed by atoms with E-state index < -0.39 is 0 Å². The summed E-state index contributed by atoms with van der Waals surface area (Å²) in [5.74, 6) is -0.232. The average Bonchev–Trinajstić information content (AvgIpc) is 2.99. The topological polar surface area (TPSA) is 40.7 Å². The summed E-state index contributed by atoms with van der Waals surface area (Å²) in [6.07, 6.45) is 5.30. The normalized spacial score (nSPS) is 15.0. The number of aromatic amines is 1. The highest BCUT2D eigenvalue weighted by Gasteiger charge is 2.12. The van der Waals surface area contributed by atoms with Crippen molar-refractivity contribution in [2.24, 2.45) is 0 Å². The molecule has 0 saturated heterocycles. The summed E-state index contributed by atoms with van der Waals surface area (Å²) >= 11 is 0. The first-order chi connectivity index (χ1) is 10.8. The summed E-state index contributed by atoms with van der Waals surface area (Å²) in [5, 5.41) is 4.47. The van der Waals surface area contributed by atoms with Crippen molar-refractivity contribution >= 4 is 16.6 Å². The number of hydrogen-bond acceptors (Lipinski definition) is 2. The van der Waals surface area contributed by atoms with E-state index >= 15 is 0 Å². The Hall–Kier alpha value is -2.46. The van der Waals surface area contributed by atoms with Crippen molar-refractivity contribution in [1.82, 2.24) is 15.3 Å². The number of rotatable bonds is 2. The van der Waals surface area contributed by atoms with Gasteiger partial charge in [-0.15, -0.1) is 0 Å². The third kappa shape index (κ3) is 2.31. The maximum absolute atomic E-state index is 13.0. The molecule has 4 rings (SSSR count). The molecule has 0 saturated carbocycles. The Kier molecular flexibility index (Phi) is 3.24. The fraction of sp³-hybridized carbons (Fsp3) is 0.167. The van der Waals surface area contributed by atoms with Gasteiger partial charge in [-0.2, -0.15) is 0 Å². The lowest BCUT2D eigenvalue weighted by Crippen LogP contribution is -2.19. The number of H-pyrrole nitrogens is 1. The summed E-state index contributed by atoms with van der Waals surface area (Å²) in [4.78, 5) is 7.93. The molecule has 1 aromatic carbocycles. The van der Waals surface area contributed by atoms with Gasteiger partial charge in [-0.1, -0.05) is 6.08 Å². The monoisotopic (exact) mass is 293 g/mol. The molecule has 3 heterocycles. The largest absolute Gasteiger partial charge is 0.346 e. The molecule has 3 nitrogen and oxygen atoms in total. The van der Waals surface area contributed by atoms with E-state index in [-0.39, 0.29) is 5.82 Å². The Bertz CT molecular complexity index is 846. The number of halogens is 1. The second-order valence-corrected chi connectivity index (χ2v) is 5.49. The van der Waals surface area contributed by atoms with Crippen LogP contribution in [-0.2, 0) is 0 Å². The van der Waals surface area contributed by atoms with Crippen LogP contribution in [0, 0.1) is 5.82 Å². The molecule has 0 radical (unpaired) electrons. The zero-order chi connectivity index (χ0) is 14.9. The van der Waals surface area contributed by atoms with Gasteiger partial charge >= 0.3 is 0 Å². The van der Waals surface area contributed by atoms with Gasteiger partial charge in [0.2, 0.25) is 0 Å². The summed E-state index contributed by atoms with van der Waals surface area (Å²) in [6.45, 7) is 1.93. The number of nitrogens with zero attached hydrogens (tertiary/aromatic N) is 1. The molecule has 3 aromatic rings. The van der Waals surface area contributed by atoms with Crippen LogP contribution >= 0.6 is 0 Å². The van der Waals surface area contributed by atoms with Crippen LogP contribution in [0.15, 0.2) is 48.7 Å². The van der Waals surface area contributed by atoms with Crippen molar-refractivity contribution in [2.75, 3.05) is 13.1 Å². The van der Waals surface area contributed by atoms with E-state index in [1.165, 1.54) is 23.3 Å². The van der Waals surface area contributed by atoms with Gasteiger partial charge in [0.25, 0.3) is 0 Å². The van der Waals surface area contributed by atoms with Gasteiger partial charge in [0, 0.05) is 29.3 Å². The first kappa shape index (κ1) is 13.2. The molecule has 110 valence electrons. The van der Waals surface area contributed by atoms with Crippen molar-refractivity contribution in [3.05, 3.63) is 60.1 Å². The van der Waals surface area contributed by atoms with E-state index in [1.54, 1.807) is 12.1 Å². The molecule has 4 heteroatoms. The van der Waals surface area contributed by atoms with Gasteiger partial charge in [-0.05, 0) is 54.9 Å². The first-order valence-corrected chi connectivity index (χ1v) is 7.45. The lowest BCUT2D eigenvalue weighted by Gasteiger charge is -2.13. The van der Waals surface area contributed by atoms with Gasteiger partial charge in [0.15, 0.2) is 0 Å². The third-order valence-electron chi connectivity index (χ3n) is 4.09. The maximum Gasteiger partial charge on any atom is 0.138 e. The molecule has 2 aromatic heterocycles. The van der Waals surface area contributed by atoms with E-state index in [0.717, 1.165) is 41.8 Å². The molecule has 1 aliphatic heterocycles. The quantitative estimate of drug-likeness (QED) is 0.755. The predicted octanol–water partition coefficient (Wildman–Crippen LogP) is 3.75. The lowest BCUT2D eigenvalue weighted by molar-refractivity contribution is 0.628. The van der Waals surface area contributed by atoms with Crippen LogP contribution < -0.4 is 5.32 Å². The second-order valence-electron chi connectivity index (χ2n) is 5.49. The Morgan fingerprint density at radius 1 is 1.05 bits per heavy atom. The first-order valence-electron chi connectivity index (χ1n) is 7.45. The Morgan fingerprint density at radius 3 is 2.68 bits per heavy atom. The summed E-state index contributed by atoms with van der Waals surface area (Å²) < 4.78 is 13.0. The molecule has 0 bridgehead atoms. The fourth-order valence-electron chi connectivity index (χ4n) is 2.92. The minimum atomic E-state index is -0.232. The van der Waals surface area contributed by atoms with Crippen LogP contribution in [0.2, 0.25) is 0 Å².